The van der Waals surface area contributed by atoms with Gasteiger partial charge in [0, 0.05) is 18.7 Å². The first-order chi connectivity index (χ1) is 15.1. The van der Waals surface area contributed by atoms with Crippen LogP contribution in [0, 0.1) is 24.6 Å². The first-order valence-electron chi connectivity index (χ1n) is 10.6. The summed E-state index contributed by atoms with van der Waals surface area (Å²) >= 11 is 0. The lowest BCUT2D eigenvalue weighted by Gasteiger charge is -2.49. The van der Waals surface area contributed by atoms with Gasteiger partial charge in [0.05, 0.1) is 36.4 Å². The van der Waals surface area contributed by atoms with E-state index in [9.17, 15) is 9.18 Å². The summed E-state index contributed by atoms with van der Waals surface area (Å²) in [6.07, 6.45) is 7.37. The maximum absolute atomic E-state index is 13.6. The number of aromatic nitrogens is 4. The van der Waals surface area contributed by atoms with E-state index >= 15 is 0 Å². The fourth-order valence-corrected chi connectivity index (χ4v) is 4.81. The van der Waals surface area contributed by atoms with Gasteiger partial charge in [0.2, 0.25) is 5.88 Å². The Bertz CT molecular complexity index is 1070. The highest BCUT2D eigenvalue weighted by Crippen LogP contribution is 2.40. The average molecular weight is 421 g/mol. The number of ether oxygens (including phenoxy) is 1. The lowest BCUT2D eigenvalue weighted by Crippen LogP contribution is -2.55. The van der Waals surface area contributed by atoms with Crippen LogP contribution in [0.2, 0.25) is 0 Å². The van der Waals surface area contributed by atoms with Gasteiger partial charge < -0.3 is 9.64 Å². The fourth-order valence-electron chi connectivity index (χ4n) is 4.81. The van der Waals surface area contributed by atoms with Crippen molar-refractivity contribution in [3.05, 3.63) is 65.9 Å². The van der Waals surface area contributed by atoms with Crippen LogP contribution in [0.5, 0.6) is 5.88 Å². The van der Waals surface area contributed by atoms with Crippen LogP contribution in [0.1, 0.15) is 35.2 Å². The van der Waals surface area contributed by atoms with Gasteiger partial charge in [-0.3, -0.25) is 4.79 Å². The van der Waals surface area contributed by atoms with Crippen LogP contribution in [-0.2, 0) is 0 Å². The van der Waals surface area contributed by atoms with Crippen LogP contribution < -0.4 is 4.74 Å². The van der Waals surface area contributed by atoms with E-state index in [4.69, 9.17) is 4.74 Å². The number of nitrogens with zero attached hydrogens (tertiary/aromatic N) is 5. The smallest absolute Gasteiger partial charge is 0.256 e. The third-order valence-electron chi connectivity index (χ3n) is 6.41. The van der Waals surface area contributed by atoms with E-state index in [2.05, 4.69) is 15.2 Å². The molecule has 1 aromatic carbocycles. The van der Waals surface area contributed by atoms with Gasteiger partial charge in [-0.1, -0.05) is 11.6 Å². The molecule has 3 aliphatic rings. The molecule has 2 aromatic heterocycles. The van der Waals surface area contributed by atoms with E-state index < -0.39 is 0 Å². The van der Waals surface area contributed by atoms with Crippen molar-refractivity contribution in [3.8, 4) is 11.6 Å². The summed E-state index contributed by atoms with van der Waals surface area (Å²) in [5.41, 5.74) is 2.36. The zero-order valence-electron chi connectivity index (χ0n) is 17.3. The first kappa shape index (κ1) is 19.7. The molecule has 31 heavy (non-hydrogen) atoms. The first-order valence-corrected chi connectivity index (χ1v) is 10.6. The molecule has 4 heterocycles. The van der Waals surface area contributed by atoms with Crippen LogP contribution in [-0.4, -0.2) is 50.0 Å². The summed E-state index contributed by atoms with van der Waals surface area (Å²) in [5, 5.41) is 8.42. The van der Waals surface area contributed by atoms with E-state index in [1.54, 1.807) is 18.5 Å². The third kappa shape index (κ3) is 3.89. The Labute approximate surface area is 179 Å². The number of aryl methyl sites for hydroxylation is 1. The molecule has 3 unspecified atom stereocenters. The van der Waals surface area contributed by atoms with Gasteiger partial charge >= 0.3 is 0 Å². The number of amides is 1. The predicted octanol–water partition coefficient (Wildman–Crippen LogP) is 3.43. The van der Waals surface area contributed by atoms with Gasteiger partial charge in [0.25, 0.3) is 5.91 Å². The summed E-state index contributed by atoms with van der Waals surface area (Å²) in [6.45, 7) is 3.24. The average Bonchev–Trinajstić information content (AvgIpc) is 3.33. The number of benzene rings is 1. The molecule has 3 atom stereocenters. The second-order valence-corrected chi connectivity index (χ2v) is 8.41. The van der Waals surface area contributed by atoms with Gasteiger partial charge in [0.15, 0.2) is 0 Å². The standard InChI is InChI=1S/C23H24FN5O2/c1-15-2-6-21(29-26-8-9-27-29)20(10-15)23(30)28-13-16-3-5-19(28)11-17(16)14-31-22-7-4-18(24)12-25-22/h2,4,6-10,12,16-17,19H,3,5,11,13-14H2,1H3. The van der Waals surface area contributed by atoms with Gasteiger partial charge in [-0.25, -0.2) is 9.37 Å². The van der Waals surface area contributed by atoms with Crippen molar-refractivity contribution in [1.82, 2.24) is 24.9 Å². The Morgan fingerprint density at radius 2 is 2.03 bits per heavy atom. The molecule has 0 N–H and O–H groups in total. The Kier molecular flexibility index (Phi) is 5.13. The van der Waals surface area contributed by atoms with Crippen LogP contribution in [0.25, 0.3) is 5.69 Å². The number of halogens is 1. The van der Waals surface area contributed by atoms with Crippen molar-refractivity contribution in [2.75, 3.05) is 13.2 Å². The zero-order valence-corrected chi connectivity index (χ0v) is 17.3. The molecule has 2 saturated heterocycles. The highest BCUT2D eigenvalue weighted by molar-refractivity contribution is 5.98. The second kappa shape index (κ2) is 8.09. The SMILES string of the molecule is Cc1ccc(-n2nccn2)c(C(=O)N2CC3CCC2CC3COc2ccc(F)cn2)c1. The number of hydrogen-bond donors (Lipinski definition) is 0. The van der Waals surface area contributed by atoms with Gasteiger partial charge in [-0.15, -0.1) is 0 Å². The molecular formula is C23H24FN5O2. The van der Waals surface area contributed by atoms with Crippen molar-refractivity contribution in [2.24, 2.45) is 11.8 Å². The van der Waals surface area contributed by atoms with E-state index in [1.807, 2.05) is 30.0 Å². The zero-order chi connectivity index (χ0) is 21.4. The number of pyridine rings is 1. The maximum Gasteiger partial charge on any atom is 0.256 e. The molecule has 7 nitrogen and oxygen atoms in total. The maximum atomic E-state index is 13.6. The molecule has 1 saturated carbocycles. The Hall–Kier alpha value is -3.29. The van der Waals surface area contributed by atoms with Crippen LogP contribution in [0.4, 0.5) is 4.39 Å². The summed E-state index contributed by atoms with van der Waals surface area (Å²) in [7, 11) is 0. The number of rotatable bonds is 5. The summed E-state index contributed by atoms with van der Waals surface area (Å²) in [6, 6.07) is 8.88. The molecule has 6 rings (SSSR count). The Morgan fingerprint density at radius 3 is 2.74 bits per heavy atom. The highest BCUT2D eigenvalue weighted by Gasteiger charge is 2.43. The van der Waals surface area contributed by atoms with E-state index in [-0.39, 0.29) is 17.8 Å². The minimum Gasteiger partial charge on any atom is -0.477 e. The fraction of sp³-hybridized carbons (Fsp3) is 0.391. The van der Waals surface area contributed by atoms with Crippen molar-refractivity contribution < 1.29 is 13.9 Å². The quantitative estimate of drug-likeness (QED) is 0.631. The molecule has 0 radical (unpaired) electrons. The molecule has 1 amide bonds. The summed E-state index contributed by atoms with van der Waals surface area (Å²) < 4.78 is 18.9. The lowest BCUT2D eigenvalue weighted by molar-refractivity contribution is -0.00475. The molecule has 1 aliphatic carbocycles. The summed E-state index contributed by atoms with van der Waals surface area (Å²) in [4.78, 5) is 21.0. The van der Waals surface area contributed by atoms with Crippen molar-refractivity contribution >= 4 is 5.91 Å². The minimum absolute atomic E-state index is 0.0327. The van der Waals surface area contributed by atoms with Crippen LogP contribution in [0.3, 0.4) is 0 Å². The van der Waals surface area contributed by atoms with Crippen LogP contribution >= 0.6 is 0 Å². The monoisotopic (exact) mass is 421 g/mol. The lowest BCUT2D eigenvalue weighted by atomic mass is 9.72. The Balaban J connectivity index is 1.31. The van der Waals surface area contributed by atoms with Crippen LogP contribution in [0.15, 0.2) is 48.9 Å². The van der Waals surface area contributed by atoms with Gasteiger partial charge in [-0.05, 0) is 56.2 Å². The largest absolute Gasteiger partial charge is 0.477 e. The number of carbonyl (C=O) groups excluding carboxylic acids is 1. The topological polar surface area (TPSA) is 73.1 Å². The molecule has 8 heteroatoms. The molecule has 160 valence electrons. The molecular weight excluding hydrogens is 397 g/mol. The van der Waals surface area contributed by atoms with E-state index in [1.165, 1.54) is 10.9 Å². The number of piperidine rings is 2. The molecule has 2 aliphatic heterocycles. The molecule has 3 fully saturated rings. The van der Waals surface area contributed by atoms with Crippen molar-refractivity contribution in [2.45, 2.75) is 32.2 Å². The minimum atomic E-state index is -0.376. The molecule has 2 bridgehead atoms. The van der Waals surface area contributed by atoms with E-state index in [0.717, 1.165) is 31.0 Å². The number of fused-ring (bicyclic) bond motifs is 3. The highest BCUT2D eigenvalue weighted by atomic mass is 19.1. The van der Waals surface area contributed by atoms with E-state index in [0.29, 0.717) is 42.1 Å². The van der Waals surface area contributed by atoms with Gasteiger partial charge in [-0.2, -0.15) is 15.0 Å². The summed E-state index contributed by atoms with van der Waals surface area (Å²) in [5.74, 6) is 0.834. The molecule has 3 aromatic rings. The van der Waals surface area contributed by atoms with Crippen molar-refractivity contribution in [3.63, 3.8) is 0 Å². The van der Waals surface area contributed by atoms with Gasteiger partial charge in [0.1, 0.15) is 5.82 Å². The number of hydrogen-bond acceptors (Lipinski definition) is 5. The van der Waals surface area contributed by atoms with Crippen molar-refractivity contribution in [1.29, 1.82) is 0 Å². The number of carbonyl (C=O) groups is 1. The predicted molar refractivity (Wildman–Crippen MR) is 111 cm³/mol. The normalized spacial score (nSPS) is 22.5. The molecule has 0 spiro atoms. The Morgan fingerprint density at radius 1 is 1.19 bits per heavy atom. The third-order valence-corrected chi connectivity index (χ3v) is 6.41. The second-order valence-electron chi connectivity index (χ2n) is 8.41.